The van der Waals surface area contributed by atoms with Gasteiger partial charge in [-0.1, -0.05) is 111 Å². The summed E-state index contributed by atoms with van der Waals surface area (Å²) in [4.78, 5) is 45.4. The van der Waals surface area contributed by atoms with E-state index in [-0.39, 0.29) is 0 Å². The zero-order valence-electron chi connectivity index (χ0n) is 43.4. The predicted molar refractivity (Wildman–Crippen MR) is 322 cm³/mol. The highest BCUT2D eigenvalue weighted by atomic mass is 28.3. The van der Waals surface area contributed by atoms with Crippen LogP contribution in [0.25, 0.3) is 78.8 Å². The summed E-state index contributed by atoms with van der Waals surface area (Å²) in [7, 11) is -4.46. The number of pyridine rings is 4. The van der Waals surface area contributed by atoms with Crippen molar-refractivity contribution in [1.29, 1.82) is 0 Å². The lowest BCUT2D eigenvalue weighted by Gasteiger charge is -2.42. The van der Waals surface area contributed by atoms with Gasteiger partial charge < -0.3 is 9.80 Å². The molecule has 2 aliphatic rings. The number of hydrogen-bond acceptors (Lipinski definition) is 10. The number of fused-ring (bicyclic) bond motifs is 5. The molecule has 8 heterocycles. The highest BCUT2D eigenvalue weighted by molar-refractivity contribution is 7.03. The summed E-state index contributed by atoms with van der Waals surface area (Å²) in [6.45, 7) is 9.86. The summed E-state index contributed by atoms with van der Waals surface area (Å²) >= 11 is 0. The van der Waals surface area contributed by atoms with Crippen molar-refractivity contribution in [2.24, 2.45) is 0 Å². The fourth-order valence-corrected chi connectivity index (χ4v) is 17.7. The second kappa shape index (κ2) is 18.6. The molecular formula is C66H50N10Si2. The summed E-state index contributed by atoms with van der Waals surface area (Å²) in [5, 5.41) is 7.40. The molecule has 0 aliphatic carbocycles. The zero-order chi connectivity index (χ0) is 52.5. The molecule has 372 valence electrons. The van der Waals surface area contributed by atoms with E-state index in [2.05, 4.69) is 167 Å². The van der Waals surface area contributed by atoms with Gasteiger partial charge in [-0.25, -0.2) is 19.9 Å². The van der Waals surface area contributed by atoms with Crippen molar-refractivity contribution in [3.05, 3.63) is 231 Å². The van der Waals surface area contributed by atoms with Gasteiger partial charge in [0.15, 0.2) is 11.6 Å². The third-order valence-corrected chi connectivity index (χ3v) is 22.6. The molecule has 6 aromatic carbocycles. The second-order valence-corrected chi connectivity index (χ2v) is 29.6. The smallest absolute Gasteiger partial charge is 0.160 e. The van der Waals surface area contributed by atoms with Crippen molar-refractivity contribution in [2.45, 2.75) is 26.2 Å². The molecule has 0 bridgehead atoms. The van der Waals surface area contributed by atoms with Crippen LogP contribution in [0, 0.1) is 0 Å². The topological polar surface area (TPSA) is 110 Å². The monoisotopic (exact) mass is 1040 g/mol. The lowest BCUT2D eigenvalue weighted by molar-refractivity contribution is 1.15. The van der Waals surface area contributed by atoms with Gasteiger partial charge in [0.1, 0.15) is 16.1 Å². The first-order chi connectivity index (χ1) is 38.2. The lowest BCUT2D eigenvalue weighted by Crippen LogP contribution is -2.58. The number of rotatable bonds is 8. The van der Waals surface area contributed by atoms with E-state index in [4.69, 9.17) is 29.9 Å². The Labute approximate surface area is 454 Å². The van der Waals surface area contributed by atoms with Crippen molar-refractivity contribution in [3.8, 4) is 68.1 Å². The van der Waals surface area contributed by atoms with E-state index in [0.29, 0.717) is 23.0 Å². The third kappa shape index (κ3) is 7.83. The van der Waals surface area contributed by atoms with Crippen LogP contribution in [-0.4, -0.2) is 56.0 Å². The first-order valence-corrected chi connectivity index (χ1v) is 32.2. The SMILES string of the molecule is C[Si]1(C)c2ccccc2N(c2cc(-c3nc(-c4cccnc4)cc(-c4ccccn4)n3)cc3c(N4c5ccccc5[Si](C)(C)c5ccccc54)cc(-c4nc(-c5cccnc5)cc(-c5ccccn5)n4)cc23)c2ccccc21. The molecule has 12 aromatic rings. The third-order valence-electron chi connectivity index (χ3n) is 15.5. The fourth-order valence-electron chi connectivity index (χ4n) is 11.7. The van der Waals surface area contributed by atoms with Gasteiger partial charge in [-0.3, -0.25) is 19.9 Å². The van der Waals surface area contributed by atoms with E-state index in [0.717, 1.165) is 89.9 Å². The van der Waals surface area contributed by atoms with Gasteiger partial charge in [0, 0.05) is 93.0 Å². The molecule has 0 saturated carbocycles. The maximum absolute atomic E-state index is 5.45. The van der Waals surface area contributed by atoms with Gasteiger partial charge in [-0.15, -0.1) is 0 Å². The Morgan fingerprint density at radius 1 is 0.295 bits per heavy atom. The molecule has 14 rings (SSSR count). The maximum atomic E-state index is 5.45. The number of aromatic nitrogens is 8. The molecule has 78 heavy (non-hydrogen) atoms. The Balaban J connectivity index is 1.15. The number of hydrogen-bond donors (Lipinski definition) is 0. The summed E-state index contributed by atoms with van der Waals surface area (Å²) in [5.74, 6) is 1.12. The van der Waals surface area contributed by atoms with E-state index in [1.165, 1.54) is 20.7 Å². The van der Waals surface area contributed by atoms with Crippen molar-refractivity contribution in [2.75, 3.05) is 9.80 Å². The molecule has 6 aromatic heterocycles. The molecule has 0 saturated heterocycles. The van der Waals surface area contributed by atoms with Crippen LogP contribution in [0.2, 0.25) is 26.2 Å². The minimum atomic E-state index is -2.23. The lowest BCUT2D eigenvalue weighted by atomic mass is 9.96. The van der Waals surface area contributed by atoms with E-state index < -0.39 is 16.1 Å². The number of para-hydroxylation sites is 4. The van der Waals surface area contributed by atoms with Crippen LogP contribution in [0.3, 0.4) is 0 Å². The Bertz CT molecular complexity index is 3800. The molecule has 2 aliphatic heterocycles. The van der Waals surface area contributed by atoms with Gasteiger partial charge in [0.05, 0.1) is 45.5 Å². The quantitative estimate of drug-likeness (QED) is 0.136. The van der Waals surface area contributed by atoms with E-state index in [9.17, 15) is 0 Å². The molecule has 0 unspecified atom stereocenters. The van der Waals surface area contributed by atoms with Crippen molar-refractivity contribution in [3.63, 3.8) is 0 Å². The molecule has 0 fully saturated rings. The molecule has 10 nitrogen and oxygen atoms in total. The normalized spacial score (nSPS) is 13.8. The predicted octanol–water partition coefficient (Wildman–Crippen LogP) is 13.2. The fraction of sp³-hybridized carbons (Fsp3) is 0.0606. The highest BCUT2D eigenvalue weighted by Gasteiger charge is 2.41. The molecule has 0 radical (unpaired) electrons. The number of benzene rings is 6. The van der Waals surface area contributed by atoms with Crippen LogP contribution in [0.1, 0.15) is 0 Å². The summed E-state index contributed by atoms with van der Waals surface area (Å²) in [6.07, 6.45) is 10.9. The van der Waals surface area contributed by atoms with Gasteiger partial charge in [-0.05, 0) is 130 Å². The molecule has 0 atom stereocenters. The van der Waals surface area contributed by atoms with Gasteiger partial charge in [-0.2, -0.15) is 0 Å². The Hall–Kier alpha value is -9.63. The standard InChI is InChI=1S/C66H50N10Si2/c1-77(2)61-27-9-5-23-55(61)75(56-24-6-10-28-62(56)77)59-37-45(65-71-51(43-19-17-31-67-41-43)39-53(73-65)49-21-13-15-33-69-49)36-48-47(59)35-46(66-72-52(44-20-18-32-68-42-44)40-54(74-66)50-22-14-16-34-70-50)38-60(48)76-57-25-7-11-29-63(57)78(3,4)64-30-12-8-26-58(64)76/h5-42H,1-4H3. The van der Waals surface area contributed by atoms with Crippen molar-refractivity contribution in [1.82, 2.24) is 39.9 Å². The second-order valence-electron chi connectivity index (χ2n) is 20.9. The Kier molecular flexibility index (Phi) is 11.2. The minimum Gasteiger partial charge on any atom is -0.310 e. The molecule has 0 N–H and O–H groups in total. The molecular weight excluding hydrogens is 989 g/mol. The van der Waals surface area contributed by atoms with E-state index in [1.807, 2.05) is 97.6 Å². The molecule has 0 spiro atoms. The first kappa shape index (κ1) is 46.9. The minimum absolute atomic E-state index is 0.559. The summed E-state index contributed by atoms with van der Waals surface area (Å²) < 4.78 is 0. The summed E-state index contributed by atoms with van der Waals surface area (Å²) in [5.41, 5.74) is 14.3. The van der Waals surface area contributed by atoms with E-state index in [1.54, 1.807) is 12.4 Å². The van der Waals surface area contributed by atoms with Crippen LogP contribution in [0.5, 0.6) is 0 Å². The number of nitrogens with zero attached hydrogens (tertiary/aromatic N) is 10. The van der Waals surface area contributed by atoms with Crippen LogP contribution in [0.15, 0.2) is 231 Å². The summed E-state index contributed by atoms with van der Waals surface area (Å²) in [6, 6.07) is 68.8. The van der Waals surface area contributed by atoms with Crippen molar-refractivity contribution < 1.29 is 0 Å². The number of anilines is 6. The first-order valence-electron chi connectivity index (χ1n) is 26.2. The molecule has 0 amide bonds. The molecule has 12 heteroatoms. The van der Waals surface area contributed by atoms with Gasteiger partial charge >= 0.3 is 0 Å². The average molecular weight is 1040 g/mol. The van der Waals surface area contributed by atoms with E-state index >= 15 is 0 Å². The Morgan fingerprint density at radius 2 is 0.654 bits per heavy atom. The van der Waals surface area contributed by atoms with Crippen LogP contribution >= 0.6 is 0 Å². The van der Waals surface area contributed by atoms with Crippen LogP contribution in [0.4, 0.5) is 34.1 Å². The van der Waals surface area contributed by atoms with Crippen molar-refractivity contribution >= 4 is 81.8 Å². The maximum Gasteiger partial charge on any atom is 0.160 e. The Morgan fingerprint density at radius 3 is 1.00 bits per heavy atom. The van der Waals surface area contributed by atoms with Crippen LogP contribution in [-0.2, 0) is 0 Å². The van der Waals surface area contributed by atoms with Gasteiger partial charge in [0.2, 0.25) is 0 Å². The average Bonchev–Trinajstić information content (AvgIpc) is 3.68. The largest absolute Gasteiger partial charge is 0.310 e. The van der Waals surface area contributed by atoms with Gasteiger partial charge in [0.25, 0.3) is 0 Å². The highest BCUT2D eigenvalue weighted by Crippen LogP contribution is 2.50. The van der Waals surface area contributed by atoms with Crippen LogP contribution < -0.4 is 30.5 Å². The zero-order valence-corrected chi connectivity index (χ0v) is 45.4.